The third-order valence-electron chi connectivity index (χ3n) is 4.31. The van der Waals surface area contributed by atoms with E-state index < -0.39 is 4.92 Å². The fourth-order valence-corrected chi connectivity index (χ4v) is 2.82. The van der Waals surface area contributed by atoms with E-state index in [2.05, 4.69) is 4.90 Å². The lowest BCUT2D eigenvalue weighted by Gasteiger charge is -2.35. The summed E-state index contributed by atoms with van der Waals surface area (Å²) in [6.45, 7) is 2.47. The van der Waals surface area contributed by atoms with Gasteiger partial charge in [0.1, 0.15) is 5.82 Å². The molecular formula is C19H18FN3O3. The molecule has 1 heterocycles. The van der Waals surface area contributed by atoms with Gasteiger partial charge in [-0.05, 0) is 35.9 Å². The standard InChI is InChI=1S/C19H18FN3O3/c20-16-4-1-15(2-5-16)3-10-19(24)22-13-11-21(12-14-22)17-6-8-18(9-7-17)23(25)26/h1-10H,11-14H2. The predicted octanol–water partition coefficient (Wildman–Crippen LogP) is 3.10. The molecule has 0 saturated carbocycles. The van der Waals surface area contributed by atoms with Crippen molar-refractivity contribution in [1.29, 1.82) is 0 Å². The number of piperazine rings is 1. The van der Waals surface area contributed by atoms with Gasteiger partial charge < -0.3 is 9.80 Å². The zero-order valence-corrected chi connectivity index (χ0v) is 14.0. The summed E-state index contributed by atoms with van der Waals surface area (Å²) in [5.41, 5.74) is 1.74. The number of carbonyl (C=O) groups excluding carboxylic acids is 1. The van der Waals surface area contributed by atoms with Gasteiger partial charge in [-0.3, -0.25) is 14.9 Å². The number of carbonyl (C=O) groups is 1. The van der Waals surface area contributed by atoms with E-state index in [1.54, 1.807) is 35.2 Å². The quantitative estimate of drug-likeness (QED) is 0.480. The van der Waals surface area contributed by atoms with Crippen LogP contribution in [0.1, 0.15) is 5.56 Å². The van der Waals surface area contributed by atoms with Gasteiger partial charge in [0.15, 0.2) is 0 Å². The van der Waals surface area contributed by atoms with Crippen molar-refractivity contribution in [3.8, 4) is 0 Å². The number of non-ortho nitro benzene ring substituents is 1. The Morgan fingerprint density at radius 2 is 1.62 bits per heavy atom. The van der Waals surface area contributed by atoms with Gasteiger partial charge >= 0.3 is 0 Å². The number of nitro groups is 1. The highest BCUT2D eigenvalue weighted by atomic mass is 19.1. The van der Waals surface area contributed by atoms with E-state index in [9.17, 15) is 19.3 Å². The summed E-state index contributed by atoms with van der Waals surface area (Å²) in [5, 5.41) is 10.7. The van der Waals surface area contributed by atoms with Crippen molar-refractivity contribution in [1.82, 2.24) is 4.90 Å². The van der Waals surface area contributed by atoms with Crippen LogP contribution >= 0.6 is 0 Å². The van der Waals surface area contributed by atoms with Gasteiger partial charge in [-0.1, -0.05) is 12.1 Å². The lowest BCUT2D eigenvalue weighted by molar-refractivity contribution is -0.384. The second-order valence-corrected chi connectivity index (χ2v) is 5.97. The average molecular weight is 355 g/mol. The molecule has 0 bridgehead atoms. The molecule has 1 saturated heterocycles. The Morgan fingerprint density at radius 3 is 2.19 bits per heavy atom. The van der Waals surface area contributed by atoms with Crippen molar-refractivity contribution < 1.29 is 14.1 Å². The van der Waals surface area contributed by atoms with Gasteiger partial charge in [0, 0.05) is 50.1 Å². The molecule has 1 fully saturated rings. The van der Waals surface area contributed by atoms with Crippen molar-refractivity contribution in [2.45, 2.75) is 0 Å². The highest BCUT2D eigenvalue weighted by molar-refractivity contribution is 5.92. The Bertz CT molecular complexity index is 811. The molecule has 134 valence electrons. The average Bonchev–Trinajstić information content (AvgIpc) is 2.67. The van der Waals surface area contributed by atoms with E-state index in [0.29, 0.717) is 26.2 Å². The molecule has 0 aliphatic carbocycles. The van der Waals surface area contributed by atoms with Crippen LogP contribution in [-0.2, 0) is 4.79 Å². The van der Waals surface area contributed by atoms with Crippen LogP contribution in [0, 0.1) is 15.9 Å². The molecule has 2 aromatic rings. The second-order valence-electron chi connectivity index (χ2n) is 5.97. The summed E-state index contributed by atoms with van der Waals surface area (Å²) in [4.78, 5) is 26.4. The third kappa shape index (κ3) is 4.24. The minimum atomic E-state index is -0.423. The molecule has 0 aromatic heterocycles. The fourth-order valence-electron chi connectivity index (χ4n) is 2.82. The molecule has 0 N–H and O–H groups in total. The molecule has 3 rings (SSSR count). The number of amides is 1. The van der Waals surface area contributed by atoms with Crippen LogP contribution in [0.15, 0.2) is 54.6 Å². The maximum absolute atomic E-state index is 12.9. The Labute approximate surface area is 150 Å². The van der Waals surface area contributed by atoms with Crippen LogP contribution in [0.5, 0.6) is 0 Å². The normalized spacial score (nSPS) is 14.7. The highest BCUT2D eigenvalue weighted by Crippen LogP contribution is 2.20. The van der Waals surface area contributed by atoms with Gasteiger partial charge in [-0.25, -0.2) is 4.39 Å². The summed E-state index contributed by atoms with van der Waals surface area (Å²) in [5.74, 6) is -0.395. The minimum absolute atomic E-state index is 0.0634. The van der Waals surface area contributed by atoms with Crippen LogP contribution in [0.3, 0.4) is 0 Å². The van der Waals surface area contributed by atoms with Gasteiger partial charge in [0.25, 0.3) is 5.69 Å². The SMILES string of the molecule is O=C(C=Cc1ccc(F)cc1)N1CCN(c2ccc([N+](=O)[O-])cc2)CC1. The first-order chi connectivity index (χ1) is 12.5. The number of rotatable bonds is 4. The summed E-state index contributed by atoms with van der Waals surface area (Å²) >= 11 is 0. The zero-order valence-electron chi connectivity index (χ0n) is 14.0. The smallest absolute Gasteiger partial charge is 0.269 e. The summed E-state index contributed by atoms with van der Waals surface area (Å²) in [6, 6.07) is 12.4. The molecule has 1 aliphatic heterocycles. The first-order valence-corrected chi connectivity index (χ1v) is 8.25. The molecule has 1 amide bonds. The van der Waals surface area contributed by atoms with E-state index in [-0.39, 0.29) is 17.4 Å². The molecule has 6 nitrogen and oxygen atoms in total. The van der Waals surface area contributed by atoms with E-state index >= 15 is 0 Å². The van der Waals surface area contributed by atoms with Crippen molar-refractivity contribution in [2.75, 3.05) is 31.1 Å². The fraction of sp³-hybridized carbons (Fsp3) is 0.211. The molecule has 2 aromatic carbocycles. The van der Waals surface area contributed by atoms with Gasteiger partial charge in [0.05, 0.1) is 4.92 Å². The number of hydrogen-bond acceptors (Lipinski definition) is 4. The monoisotopic (exact) mass is 355 g/mol. The van der Waals surface area contributed by atoms with E-state index in [0.717, 1.165) is 11.3 Å². The summed E-state index contributed by atoms with van der Waals surface area (Å²) in [7, 11) is 0. The van der Waals surface area contributed by atoms with Crippen molar-refractivity contribution >= 4 is 23.4 Å². The van der Waals surface area contributed by atoms with Gasteiger partial charge in [-0.2, -0.15) is 0 Å². The number of benzene rings is 2. The second kappa shape index (κ2) is 7.77. The Balaban J connectivity index is 1.55. The van der Waals surface area contributed by atoms with Crippen molar-refractivity contribution in [2.24, 2.45) is 0 Å². The van der Waals surface area contributed by atoms with E-state index in [1.165, 1.54) is 30.3 Å². The van der Waals surface area contributed by atoms with Crippen LogP contribution < -0.4 is 4.90 Å². The van der Waals surface area contributed by atoms with Crippen molar-refractivity contribution in [3.63, 3.8) is 0 Å². The largest absolute Gasteiger partial charge is 0.368 e. The molecule has 26 heavy (non-hydrogen) atoms. The lowest BCUT2D eigenvalue weighted by Crippen LogP contribution is -2.48. The minimum Gasteiger partial charge on any atom is -0.368 e. The molecule has 0 atom stereocenters. The molecule has 0 radical (unpaired) electrons. The van der Waals surface area contributed by atoms with Crippen molar-refractivity contribution in [3.05, 3.63) is 76.1 Å². The molecule has 1 aliphatic rings. The van der Waals surface area contributed by atoms with Crippen LogP contribution in [0.25, 0.3) is 6.08 Å². The molecular weight excluding hydrogens is 337 g/mol. The maximum atomic E-state index is 12.9. The summed E-state index contributed by atoms with van der Waals surface area (Å²) < 4.78 is 12.9. The van der Waals surface area contributed by atoms with E-state index in [4.69, 9.17) is 0 Å². The Kier molecular flexibility index (Phi) is 5.26. The Morgan fingerprint density at radius 1 is 1.00 bits per heavy atom. The maximum Gasteiger partial charge on any atom is 0.269 e. The van der Waals surface area contributed by atoms with Crippen LogP contribution in [-0.4, -0.2) is 41.9 Å². The van der Waals surface area contributed by atoms with E-state index in [1.807, 2.05) is 0 Å². The van der Waals surface area contributed by atoms with Crippen LogP contribution in [0.2, 0.25) is 0 Å². The van der Waals surface area contributed by atoms with Gasteiger partial charge in [0.2, 0.25) is 5.91 Å². The van der Waals surface area contributed by atoms with Gasteiger partial charge in [-0.15, -0.1) is 0 Å². The number of nitrogens with zero attached hydrogens (tertiary/aromatic N) is 3. The van der Waals surface area contributed by atoms with Crippen LogP contribution in [0.4, 0.5) is 15.8 Å². The topological polar surface area (TPSA) is 66.7 Å². The Hall–Kier alpha value is -3.22. The molecule has 7 heteroatoms. The summed E-state index contributed by atoms with van der Waals surface area (Å²) in [6.07, 6.45) is 3.17. The number of hydrogen-bond donors (Lipinski definition) is 0. The first kappa shape index (κ1) is 17.6. The first-order valence-electron chi connectivity index (χ1n) is 8.25. The number of nitro benzene ring substituents is 1. The zero-order chi connectivity index (χ0) is 18.5. The number of anilines is 1. The molecule has 0 unspecified atom stereocenters. The predicted molar refractivity (Wildman–Crippen MR) is 97.3 cm³/mol. The highest BCUT2D eigenvalue weighted by Gasteiger charge is 2.20. The lowest BCUT2D eigenvalue weighted by atomic mass is 10.2. The number of halogens is 1. The third-order valence-corrected chi connectivity index (χ3v) is 4.31. The molecule has 0 spiro atoms.